The van der Waals surface area contributed by atoms with Crippen molar-refractivity contribution in [3.05, 3.63) is 24.5 Å². The van der Waals surface area contributed by atoms with Crippen LogP contribution in [0, 0.1) is 0 Å². The van der Waals surface area contributed by atoms with Gasteiger partial charge in [-0.1, -0.05) is 0 Å². The molecule has 0 spiro atoms. The molecule has 54 valence electrons. The second kappa shape index (κ2) is 12.0. The lowest BCUT2D eigenvalue weighted by Crippen LogP contribution is -1.69. The fourth-order valence-electron chi connectivity index (χ4n) is 0.253. The Morgan fingerprint density at radius 2 is 1.00 bits per heavy atom. The highest BCUT2D eigenvalue weighted by molar-refractivity contribution is 14.0. The van der Waals surface area contributed by atoms with Crippen molar-refractivity contribution in [3.63, 3.8) is 0 Å². The summed E-state index contributed by atoms with van der Waals surface area (Å²) in [5.41, 5.74) is 0. The molecule has 9 heavy (non-hydrogen) atoms. The molecular weight excluding hydrogens is 457 g/mol. The van der Waals surface area contributed by atoms with Crippen LogP contribution in [-0.2, 0) is 0 Å². The van der Waals surface area contributed by atoms with Crippen molar-refractivity contribution in [2.75, 3.05) is 0 Å². The van der Waals surface area contributed by atoms with Gasteiger partial charge >= 0.3 is 0 Å². The van der Waals surface area contributed by atoms with Gasteiger partial charge in [-0.15, -0.1) is 71.9 Å². The van der Waals surface area contributed by atoms with E-state index in [-0.39, 0.29) is 71.9 Å². The number of hydrogen-bond acceptors (Lipinski definition) is 2. The summed E-state index contributed by atoms with van der Waals surface area (Å²) in [5.74, 6) is 0. The van der Waals surface area contributed by atoms with Gasteiger partial charge in [0.1, 0.15) is 0 Å². The minimum atomic E-state index is 0. The van der Waals surface area contributed by atoms with Gasteiger partial charge in [0.25, 0.3) is 0 Å². The maximum atomic E-state index is 3.53. The molecule has 0 unspecified atom stereocenters. The highest BCUT2D eigenvalue weighted by atomic mass is 127. The Bertz CT molecular complexity index is 85.7. The van der Waals surface area contributed by atoms with Gasteiger partial charge in [-0.3, -0.25) is 0 Å². The van der Waals surface area contributed by atoms with Crippen LogP contribution in [0.2, 0.25) is 0 Å². The first kappa shape index (κ1) is 16.7. The smallest absolute Gasteiger partial charge is 0.0496 e. The Hall–Kier alpha value is 1.27. The van der Waals surface area contributed by atoms with E-state index in [2.05, 4.69) is 10.2 Å². The molecule has 2 nitrogen and oxygen atoms in total. The third-order valence-electron chi connectivity index (χ3n) is 0.483. The van der Waals surface area contributed by atoms with E-state index in [1.54, 1.807) is 12.4 Å². The summed E-state index contributed by atoms with van der Waals surface area (Å²) in [6, 6.07) is 3.65. The van der Waals surface area contributed by atoms with Crippen LogP contribution in [0.25, 0.3) is 0 Å². The third-order valence-corrected chi connectivity index (χ3v) is 0.483. The van der Waals surface area contributed by atoms with Gasteiger partial charge in [0.2, 0.25) is 0 Å². The predicted octanol–water partition coefficient (Wildman–Crippen LogP) is 2.33. The van der Waals surface area contributed by atoms with Crippen molar-refractivity contribution < 1.29 is 0 Å². The predicted molar refractivity (Wildman–Crippen MR) is 68.3 cm³/mol. The average molecular weight is 464 g/mol. The Morgan fingerprint density at radius 1 is 0.667 bits per heavy atom. The number of aromatic nitrogens is 2. The van der Waals surface area contributed by atoms with Crippen molar-refractivity contribution in [3.8, 4) is 0 Å². The summed E-state index contributed by atoms with van der Waals surface area (Å²) in [6.07, 6.45) is 3.28. The van der Waals surface area contributed by atoms with Gasteiger partial charge in [0.15, 0.2) is 0 Å². The number of halogens is 3. The topological polar surface area (TPSA) is 25.8 Å². The van der Waals surface area contributed by atoms with Crippen LogP contribution >= 0.6 is 71.9 Å². The Morgan fingerprint density at radius 3 is 1.11 bits per heavy atom. The van der Waals surface area contributed by atoms with E-state index in [1.165, 1.54) is 0 Å². The minimum absolute atomic E-state index is 0. The van der Waals surface area contributed by atoms with Crippen molar-refractivity contribution in [1.82, 2.24) is 10.2 Å². The van der Waals surface area contributed by atoms with E-state index in [4.69, 9.17) is 0 Å². The van der Waals surface area contributed by atoms with Crippen molar-refractivity contribution >= 4 is 71.9 Å². The van der Waals surface area contributed by atoms with Gasteiger partial charge in [-0.05, 0) is 12.1 Å². The Kier molecular flexibility index (Phi) is 22.3. The molecule has 0 radical (unpaired) electrons. The second-order valence-corrected chi connectivity index (χ2v) is 0.914. The normalized spacial score (nSPS) is 5.33. The zero-order valence-corrected chi connectivity index (χ0v) is 11.4. The molecule has 5 heteroatoms. The molecule has 1 aromatic heterocycles. The molecule has 0 aliphatic rings. The van der Waals surface area contributed by atoms with E-state index < -0.39 is 0 Å². The molecule has 0 atom stereocenters. The average Bonchev–Trinajstić information content (AvgIpc) is 1.72. The van der Waals surface area contributed by atoms with Crippen LogP contribution < -0.4 is 0 Å². The van der Waals surface area contributed by atoms with Crippen LogP contribution in [0.4, 0.5) is 0 Å². The highest BCUT2D eigenvalue weighted by Gasteiger charge is 1.59. The van der Waals surface area contributed by atoms with Gasteiger partial charge < -0.3 is 0 Å². The number of hydrogen-bond donors (Lipinski definition) is 0. The van der Waals surface area contributed by atoms with E-state index in [0.29, 0.717) is 0 Å². The van der Waals surface area contributed by atoms with Gasteiger partial charge in [-0.2, -0.15) is 10.2 Å². The quantitative estimate of drug-likeness (QED) is 0.552. The Labute approximate surface area is 105 Å². The summed E-state index contributed by atoms with van der Waals surface area (Å²) in [7, 11) is 0. The van der Waals surface area contributed by atoms with Crippen LogP contribution in [-0.4, -0.2) is 10.2 Å². The molecule has 1 aromatic rings. The molecule has 0 saturated heterocycles. The summed E-state index contributed by atoms with van der Waals surface area (Å²) < 4.78 is 0. The largest absolute Gasteiger partial charge is 0.159 e. The van der Waals surface area contributed by atoms with Crippen LogP contribution in [0.3, 0.4) is 0 Å². The van der Waals surface area contributed by atoms with Crippen LogP contribution in [0.15, 0.2) is 24.5 Å². The molecule has 0 fully saturated rings. The van der Waals surface area contributed by atoms with Crippen LogP contribution in [0.1, 0.15) is 0 Å². The first-order chi connectivity index (χ1) is 3.00. The standard InChI is InChI=1S/C4H4N2.3HI/c1-2-4-6-5-3-1;;;/h1-4H;3*1H. The summed E-state index contributed by atoms with van der Waals surface area (Å²) in [6.45, 7) is 0. The summed E-state index contributed by atoms with van der Waals surface area (Å²) in [4.78, 5) is 0. The molecule has 0 aromatic carbocycles. The Balaban J connectivity index is -0.000000120. The molecule has 1 rings (SSSR count). The van der Waals surface area contributed by atoms with Gasteiger partial charge in [0.05, 0.1) is 0 Å². The molecule has 0 bridgehead atoms. The lowest BCUT2D eigenvalue weighted by Gasteiger charge is -1.69. The fourth-order valence-corrected chi connectivity index (χ4v) is 0.253. The molecule has 0 N–H and O–H groups in total. The first-order valence-corrected chi connectivity index (χ1v) is 1.72. The van der Waals surface area contributed by atoms with Gasteiger partial charge in [-0.25, -0.2) is 0 Å². The van der Waals surface area contributed by atoms with E-state index in [1.807, 2.05) is 12.1 Å². The first-order valence-electron chi connectivity index (χ1n) is 1.72. The SMILES string of the molecule is I.I.I.c1ccnnc1. The van der Waals surface area contributed by atoms with E-state index in [9.17, 15) is 0 Å². The zero-order chi connectivity index (χ0) is 4.24. The van der Waals surface area contributed by atoms with Crippen molar-refractivity contribution in [2.24, 2.45) is 0 Å². The van der Waals surface area contributed by atoms with Crippen molar-refractivity contribution in [2.45, 2.75) is 0 Å². The summed E-state index contributed by atoms with van der Waals surface area (Å²) >= 11 is 0. The maximum absolute atomic E-state index is 3.53. The zero-order valence-electron chi connectivity index (χ0n) is 4.43. The molecule has 0 amide bonds. The monoisotopic (exact) mass is 464 g/mol. The van der Waals surface area contributed by atoms with Gasteiger partial charge in [0, 0.05) is 12.4 Å². The summed E-state index contributed by atoms with van der Waals surface area (Å²) in [5, 5.41) is 7.07. The third kappa shape index (κ3) is 9.27. The highest BCUT2D eigenvalue weighted by Crippen LogP contribution is 1.68. The second-order valence-electron chi connectivity index (χ2n) is 0.914. The number of rotatable bonds is 0. The minimum Gasteiger partial charge on any atom is -0.159 e. The molecule has 0 aliphatic heterocycles. The van der Waals surface area contributed by atoms with E-state index in [0.717, 1.165) is 0 Å². The molecule has 0 aliphatic carbocycles. The maximum Gasteiger partial charge on any atom is 0.0496 e. The molecule has 0 saturated carbocycles. The van der Waals surface area contributed by atoms with Crippen molar-refractivity contribution in [1.29, 1.82) is 0 Å². The molecular formula is C4H7I3N2. The lowest BCUT2D eigenvalue weighted by molar-refractivity contribution is 1.03. The molecule has 1 heterocycles. The fraction of sp³-hybridized carbons (Fsp3) is 0. The number of nitrogens with zero attached hydrogens (tertiary/aromatic N) is 2. The van der Waals surface area contributed by atoms with Crippen LogP contribution in [0.5, 0.6) is 0 Å². The van der Waals surface area contributed by atoms with E-state index >= 15 is 0 Å². The lowest BCUT2D eigenvalue weighted by atomic mass is 10.6.